The Kier molecular flexibility index (Phi) is 4.35. The predicted molar refractivity (Wildman–Crippen MR) is 65.2 cm³/mol. The van der Waals surface area contributed by atoms with E-state index in [4.69, 9.17) is 10.4 Å². The first-order valence-electron chi connectivity index (χ1n) is 5.79. The Hall–Kier alpha value is -1.13. The number of carboxylic acid groups (broad SMARTS) is 1. The van der Waals surface area contributed by atoms with Gasteiger partial charge in [-0.05, 0) is 18.3 Å². The van der Waals surface area contributed by atoms with Crippen LogP contribution in [0.1, 0.15) is 33.1 Å². The summed E-state index contributed by atoms with van der Waals surface area (Å²) in [5, 5.41) is 17.6. The SMILES string of the molecule is CC(C)(CC#N)CS(=O)(=O)N1CCC[C@H]1C(=O)O. The van der Waals surface area contributed by atoms with E-state index in [0.29, 0.717) is 12.8 Å². The lowest BCUT2D eigenvalue weighted by Gasteiger charge is -2.27. The van der Waals surface area contributed by atoms with E-state index in [0.717, 1.165) is 4.31 Å². The van der Waals surface area contributed by atoms with Gasteiger partial charge in [0.2, 0.25) is 10.0 Å². The number of nitrogens with zero attached hydrogens (tertiary/aromatic N) is 2. The zero-order valence-corrected chi connectivity index (χ0v) is 11.4. The largest absolute Gasteiger partial charge is 0.480 e. The molecule has 0 spiro atoms. The molecule has 0 unspecified atom stereocenters. The molecule has 1 atom stereocenters. The number of sulfonamides is 1. The fourth-order valence-electron chi connectivity index (χ4n) is 2.16. The number of rotatable bonds is 5. The molecule has 6 nitrogen and oxygen atoms in total. The molecule has 0 amide bonds. The molecule has 1 N–H and O–H groups in total. The maximum Gasteiger partial charge on any atom is 0.322 e. The fourth-order valence-corrected chi connectivity index (χ4v) is 4.41. The average molecular weight is 274 g/mol. The Morgan fingerprint density at radius 2 is 2.17 bits per heavy atom. The minimum absolute atomic E-state index is 0.123. The smallest absolute Gasteiger partial charge is 0.322 e. The minimum Gasteiger partial charge on any atom is -0.480 e. The minimum atomic E-state index is -3.63. The van der Waals surface area contributed by atoms with Crippen molar-refractivity contribution in [3.05, 3.63) is 0 Å². The Morgan fingerprint density at radius 1 is 1.56 bits per heavy atom. The molecule has 0 aromatic carbocycles. The predicted octanol–water partition coefficient (Wildman–Crippen LogP) is 0.805. The van der Waals surface area contributed by atoms with Gasteiger partial charge >= 0.3 is 5.97 Å². The molecule has 1 rings (SSSR count). The topological polar surface area (TPSA) is 98.5 Å². The van der Waals surface area contributed by atoms with Crippen molar-refractivity contribution in [3.63, 3.8) is 0 Å². The Labute approximate surface area is 107 Å². The van der Waals surface area contributed by atoms with Crippen LogP contribution in [-0.4, -0.2) is 42.1 Å². The van der Waals surface area contributed by atoms with E-state index in [9.17, 15) is 13.2 Å². The van der Waals surface area contributed by atoms with Gasteiger partial charge in [-0.25, -0.2) is 8.42 Å². The standard InChI is InChI=1S/C11H18N2O4S/c1-11(2,5-6-12)8-18(16,17)13-7-3-4-9(13)10(14)15/h9H,3-5,7-8H2,1-2H3,(H,14,15)/t9-/m0/s1. The third-order valence-corrected chi connectivity index (χ3v) is 5.27. The van der Waals surface area contributed by atoms with Gasteiger partial charge in [0.05, 0.1) is 11.8 Å². The zero-order valence-electron chi connectivity index (χ0n) is 10.6. The van der Waals surface area contributed by atoms with E-state index in [-0.39, 0.29) is 18.7 Å². The molecule has 7 heteroatoms. The number of carboxylic acids is 1. The molecular weight excluding hydrogens is 256 g/mol. The van der Waals surface area contributed by atoms with Gasteiger partial charge in [-0.2, -0.15) is 9.57 Å². The summed E-state index contributed by atoms with van der Waals surface area (Å²) in [5.74, 6) is -1.30. The first-order valence-corrected chi connectivity index (χ1v) is 7.40. The van der Waals surface area contributed by atoms with Crippen LogP contribution in [0.15, 0.2) is 0 Å². The van der Waals surface area contributed by atoms with Gasteiger partial charge in [0.15, 0.2) is 0 Å². The second kappa shape index (κ2) is 5.24. The molecule has 1 heterocycles. The highest BCUT2D eigenvalue weighted by Crippen LogP contribution is 2.28. The molecule has 0 aliphatic carbocycles. The van der Waals surface area contributed by atoms with Crippen molar-refractivity contribution in [2.24, 2.45) is 5.41 Å². The van der Waals surface area contributed by atoms with Crippen molar-refractivity contribution in [2.45, 2.75) is 39.2 Å². The van der Waals surface area contributed by atoms with E-state index in [1.807, 2.05) is 6.07 Å². The lowest BCUT2D eigenvalue weighted by atomic mass is 9.93. The molecule has 18 heavy (non-hydrogen) atoms. The van der Waals surface area contributed by atoms with E-state index >= 15 is 0 Å². The molecule has 1 fully saturated rings. The van der Waals surface area contributed by atoms with Gasteiger partial charge in [-0.1, -0.05) is 13.8 Å². The van der Waals surface area contributed by atoms with Crippen molar-refractivity contribution in [1.82, 2.24) is 4.31 Å². The van der Waals surface area contributed by atoms with Crippen LogP contribution >= 0.6 is 0 Å². The summed E-state index contributed by atoms with van der Waals surface area (Å²) in [6.45, 7) is 3.64. The molecule has 102 valence electrons. The van der Waals surface area contributed by atoms with Crippen molar-refractivity contribution in [3.8, 4) is 6.07 Å². The van der Waals surface area contributed by atoms with Crippen LogP contribution in [0.5, 0.6) is 0 Å². The van der Waals surface area contributed by atoms with E-state index in [1.54, 1.807) is 13.8 Å². The molecule has 1 saturated heterocycles. The van der Waals surface area contributed by atoms with Crippen LogP contribution in [0.4, 0.5) is 0 Å². The van der Waals surface area contributed by atoms with Gasteiger partial charge in [-0.3, -0.25) is 4.79 Å². The van der Waals surface area contributed by atoms with Crippen LogP contribution in [0.2, 0.25) is 0 Å². The molecule has 0 bridgehead atoms. The molecule has 1 aliphatic heterocycles. The normalized spacial score (nSPS) is 21.7. The quantitative estimate of drug-likeness (QED) is 0.799. The van der Waals surface area contributed by atoms with Crippen LogP contribution < -0.4 is 0 Å². The van der Waals surface area contributed by atoms with Crippen LogP contribution in [0.25, 0.3) is 0 Å². The summed E-state index contributed by atoms with van der Waals surface area (Å²) in [7, 11) is -3.63. The van der Waals surface area contributed by atoms with Crippen molar-refractivity contribution in [1.29, 1.82) is 5.26 Å². The summed E-state index contributed by atoms with van der Waals surface area (Å²) in [6, 6.07) is 1.00. The van der Waals surface area contributed by atoms with Gasteiger partial charge in [0, 0.05) is 13.0 Å². The Balaban J connectivity index is 2.88. The average Bonchev–Trinajstić information content (AvgIpc) is 2.63. The zero-order chi connectivity index (χ0) is 14.0. The summed E-state index contributed by atoms with van der Waals surface area (Å²) in [6.07, 6.45) is 1.04. The first-order chi connectivity index (χ1) is 8.19. The molecule has 0 aromatic rings. The third-order valence-electron chi connectivity index (χ3n) is 2.98. The summed E-state index contributed by atoms with van der Waals surface area (Å²) in [4.78, 5) is 11.0. The summed E-state index contributed by atoms with van der Waals surface area (Å²) >= 11 is 0. The van der Waals surface area contributed by atoms with Gasteiger partial charge in [0.1, 0.15) is 6.04 Å². The van der Waals surface area contributed by atoms with E-state index in [1.165, 1.54) is 0 Å². The van der Waals surface area contributed by atoms with Gasteiger partial charge < -0.3 is 5.11 Å². The molecule has 1 aliphatic rings. The van der Waals surface area contributed by atoms with Gasteiger partial charge in [0.25, 0.3) is 0 Å². The molecule has 0 radical (unpaired) electrons. The lowest BCUT2D eigenvalue weighted by molar-refractivity contribution is -0.140. The van der Waals surface area contributed by atoms with E-state index in [2.05, 4.69) is 0 Å². The maximum atomic E-state index is 12.2. The molecular formula is C11H18N2O4S. The van der Waals surface area contributed by atoms with Crippen LogP contribution in [0.3, 0.4) is 0 Å². The van der Waals surface area contributed by atoms with Crippen molar-refractivity contribution < 1.29 is 18.3 Å². The van der Waals surface area contributed by atoms with Crippen LogP contribution in [0, 0.1) is 16.7 Å². The molecule has 0 saturated carbocycles. The fraction of sp³-hybridized carbons (Fsp3) is 0.818. The summed E-state index contributed by atoms with van der Waals surface area (Å²) < 4.78 is 25.4. The number of nitriles is 1. The maximum absolute atomic E-state index is 12.2. The van der Waals surface area contributed by atoms with Gasteiger partial charge in [-0.15, -0.1) is 0 Å². The highest BCUT2D eigenvalue weighted by Gasteiger charge is 2.40. The Bertz CT molecular complexity index is 464. The van der Waals surface area contributed by atoms with E-state index < -0.39 is 27.4 Å². The number of hydrogen-bond acceptors (Lipinski definition) is 4. The number of aliphatic carboxylic acids is 1. The molecule has 0 aromatic heterocycles. The second-order valence-electron chi connectivity index (χ2n) is 5.36. The monoisotopic (exact) mass is 274 g/mol. The van der Waals surface area contributed by atoms with Crippen molar-refractivity contribution >= 4 is 16.0 Å². The highest BCUT2D eigenvalue weighted by molar-refractivity contribution is 7.89. The van der Waals surface area contributed by atoms with Crippen LogP contribution in [-0.2, 0) is 14.8 Å². The highest BCUT2D eigenvalue weighted by atomic mass is 32.2. The summed E-state index contributed by atoms with van der Waals surface area (Å²) in [5.41, 5.74) is -0.667. The number of hydrogen-bond donors (Lipinski definition) is 1. The Morgan fingerprint density at radius 3 is 2.67 bits per heavy atom. The lowest BCUT2D eigenvalue weighted by Crippen LogP contribution is -2.44. The second-order valence-corrected chi connectivity index (χ2v) is 7.28. The third kappa shape index (κ3) is 3.43. The number of carbonyl (C=O) groups is 1. The first kappa shape index (κ1) is 14.9. The van der Waals surface area contributed by atoms with Crippen molar-refractivity contribution in [2.75, 3.05) is 12.3 Å².